The monoisotopic (exact) mass is 258 g/mol. The molecule has 0 aromatic heterocycles. The highest BCUT2D eigenvalue weighted by molar-refractivity contribution is 6.31. The van der Waals surface area contributed by atoms with Crippen molar-refractivity contribution in [2.24, 2.45) is 0 Å². The number of halogens is 2. The Labute approximate surface area is 105 Å². The van der Waals surface area contributed by atoms with E-state index in [0.717, 1.165) is 18.8 Å². The summed E-state index contributed by atoms with van der Waals surface area (Å²) >= 11 is 5.79. The average Bonchev–Trinajstić information content (AvgIpc) is 2.22. The van der Waals surface area contributed by atoms with Crippen molar-refractivity contribution >= 4 is 23.0 Å². The first-order chi connectivity index (χ1) is 7.97. The predicted octanol–water partition coefficient (Wildman–Crippen LogP) is 2.67. The number of ether oxygens (including phenoxy) is 1. The highest BCUT2D eigenvalue weighted by Gasteiger charge is 2.24. The number of hydrogen-bond acceptors (Lipinski definition) is 3. The van der Waals surface area contributed by atoms with Gasteiger partial charge in [0.2, 0.25) is 0 Å². The van der Waals surface area contributed by atoms with E-state index in [4.69, 9.17) is 22.1 Å². The van der Waals surface area contributed by atoms with Crippen LogP contribution in [0, 0.1) is 5.82 Å². The zero-order valence-corrected chi connectivity index (χ0v) is 10.7. The van der Waals surface area contributed by atoms with Crippen molar-refractivity contribution in [3.63, 3.8) is 0 Å². The molecule has 2 unspecified atom stereocenters. The molecule has 0 aliphatic carbocycles. The average molecular weight is 259 g/mol. The lowest BCUT2D eigenvalue weighted by Crippen LogP contribution is -2.45. The maximum atomic E-state index is 13.2. The van der Waals surface area contributed by atoms with Crippen molar-refractivity contribution in [1.82, 2.24) is 0 Å². The quantitative estimate of drug-likeness (QED) is 0.787. The summed E-state index contributed by atoms with van der Waals surface area (Å²) in [7, 11) is 0. The second kappa shape index (κ2) is 4.70. The molecule has 17 heavy (non-hydrogen) atoms. The zero-order valence-electron chi connectivity index (χ0n) is 9.91. The molecule has 2 atom stereocenters. The van der Waals surface area contributed by atoms with Crippen LogP contribution < -0.4 is 10.6 Å². The number of benzene rings is 1. The Morgan fingerprint density at radius 3 is 2.53 bits per heavy atom. The Morgan fingerprint density at radius 2 is 1.94 bits per heavy atom. The molecule has 1 saturated heterocycles. The van der Waals surface area contributed by atoms with E-state index in [-0.39, 0.29) is 17.2 Å². The van der Waals surface area contributed by atoms with Gasteiger partial charge in [-0.15, -0.1) is 0 Å². The van der Waals surface area contributed by atoms with Gasteiger partial charge in [0.15, 0.2) is 0 Å². The third kappa shape index (κ3) is 2.64. The van der Waals surface area contributed by atoms with Crippen LogP contribution in [0.5, 0.6) is 0 Å². The highest BCUT2D eigenvalue weighted by atomic mass is 35.5. The molecule has 1 fully saturated rings. The van der Waals surface area contributed by atoms with E-state index in [1.165, 1.54) is 6.07 Å². The molecular formula is C12H16ClFN2O. The zero-order chi connectivity index (χ0) is 12.6. The maximum absolute atomic E-state index is 13.2. The standard InChI is InChI=1S/C12H16ClFN2O/c1-7-5-16(6-8(2)17-7)12-3-9(13)10(14)4-11(12)15/h3-4,7-8H,5-6,15H2,1-2H3. The minimum Gasteiger partial charge on any atom is -0.397 e. The summed E-state index contributed by atoms with van der Waals surface area (Å²) < 4.78 is 18.9. The molecule has 1 aliphatic heterocycles. The Hall–Kier alpha value is -1.00. The number of anilines is 2. The maximum Gasteiger partial charge on any atom is 0.143 e. The van der Waals surface area contributed by atoms with Gasteiger partial charge in [-0.2, -0.15) is 0 Å². The van der Waals surface area contributed by atoms with Gasteiger partial charge in [0.25, 0.3) is 0 Å². The minimum atomic E-state index is -0.484. The van der Waals surface area contributed by atoms with Crippen molar-refractivity contribution in [1.29, 1.82) is 0 Å². The minimum absolute atomic E-state index is 0.0981. The van der Waals surface area contributed by atoms with Crippen molar-refractivity contribution in [2.75, 3.05) is 23.7 Å². The van der Waals surface area contributed by atoms with Crippen molar-refractivity contribution < 1.29 is 9.13 Å². The Balaban J connectivity index is 2.30. The van der Waals surface area contributed by atoms with Gasteiger partial charge in [-0.05, 0) is 19.9 Å². The van der Waals surface area contributed by atoms with Crippen LogP contribution in [0.25, 0.3) is 0 Å². The first kappa shape index (κ1) is 12.5. The van der Waals surface area contributed by atoms with Crippen LogP contribution in [0.4, 0.5) is 15.8 Å². The number of nitrogen functional groups attached to an aromatic ring is 1. The molecule has 3 nitrogen and oxygen atoms in total. The van der Waals surface area contributed by atoms with Gasteiger partial charge in [0, 0.05) is 19.2 Å². The number of rotatable bonds is 1. The number of nitrogens with two attached hydrogens (primary N) is 1. The molecule has 1 aromatic carbocycles. The first-order valence-electron chi connectivity index (χ1n) is 5.62. The molecule has 1 aliphatic rings. The molecule has 2 rings (SSSR count). The smallest absolute Gasteiger partial charge is 0.143 e. The SMILES string of the molecule is CC1CN(c2cc(Cl)c(F)cc2N)CC(C)O1. The van der Waals surface area contributed by atoms with Crippen molar-refractivity contribution in [3.8, 4) is 0 Å². The van der Waals surface area contributed by atoms with Crippen LogP contribution in [0.1, 0.15) is 13.8 Å². The molecule has 2 N–H and O–H groups in total. The summed E-state index contributed by atoms with van der Waals surface area (Å²) in [4.78, 5) is 2.08. The molecule has 0 amide bonds. The molecule has 5 heteroatoms. The van der Waals surface area contributed by atoms with Crippen LogP contribution in [0.2, 0.25) is 5.02 Å². The second-order valence-electron chi connectivity index (χ2n) is 4.49. The summed E-state index contributed by atoms with van der Waals surface area (Å²) in [5.74, 6) is -0.484. The lowest BCUT2D eigenvalue weighted by Gasteiger charge is -2.37. The Kier molecular flexibility index (Phi) is 3.45. The molecule has 0 bridgehead atoms. The van der Waals surface area contributed by atoms with Gasteiger partial charge < -0.3 is 15.4 Å². The van der Waals surface area contributed by atoms with Crippen LogP contribution in [0.15, 0.2) is 12.1 Å². The number of hydrogen-bond donors (Lipinski definition) is 1. The summed E-state index contributed by atoms with van der Waals surface area (Å²) in [6.07, 6.45) is 0.254. The predicted molar refractivity (Wildman–Crippen MR) is 68.0 cm³/mol. The highest BCUT2D eigenvalue weighted by Crippen LogP contribution is 2.31. The van der Waals surface area contributed by atoms with Crippen LogP contribution in [-0.2, 0) is 4.74 Å². The summed E-state index contributed by atoms with van der Waals surface area (Å²) in [5, 5.41) is 0.0981. The fraction of sp³-hybridized carbons (Fsp3) is 0.500. The van der Waals surface area contributed by atoms with E-state index in [2.05, 4.69) is 4.90 Å². The normalized spacial score (nSPS) is 25.1. The van der Waals surface area contributed by atoms with Crippen molar-refractivity contribution in [3.05, 3.63) is 23.0 Å². The van der Waals surface area contributed by atoms with Crippen LogP contribution in [0.3, 0.4) is 0 Å². The molecule has 0 saturated carbocycles. The molecule has 0 spiro atoms. The lowest BCUT2D eigenvalue weighted by molar-refractivity contribution is -0.00517. The van der Waals surface area contributed by atoms with E-state index >= 15 is 0 Å². The van der Waals surface area contributed by atoms with Gasteiger partial charge in [-0.25, -0.2) is 4.39 Å². The second-order valence-corrected chi connectivity index (χ2v) is 4.89. The summed E-state index contributed by atoms with van der Waals surface area (Å²) in [6.45, 7) is 5.47. The van der Waals surface area contributed by atoms with Gasteiger partial charge in [0.1, 0.15) is 5.82 Å². The van der Waals surface area contributed by atoms with Gasteiger partial charge in [-0.3, -0.25) is 0 Å². The van der Waals surface area contributed by atoms with Crippen LogP contribution >= 0.6 is 11.6 Å². The van der Waals surface area contributed by atoms with Crippen molar-refractivity contribution in [2.45, 2.75) is 26.1 Å². The molecule has 1 heterocycles. The van der Waals surface area contributed by atoms with E-state index in [1.807, 2.05) is 13.8 Å². The molecule has 1 aromatic rings. The third-order valence-corrected chi connectivity index (χ3v) is 3.12. The first-order valence-corrected chi connectivity index (χ1v) is 6.00. The molecule has 0 radical (unpaired) electrons. The number of morpholine rings is 1. The van der Waals surface area contributed by atoms with Crippen LogP contribution in [-0.4, -0.2) is 25.3 Å². The largest absolute Gasteiger partial charge is 0.397 e. The van der Waals surface area contributed by atoms with Gasteiger partial charge >= 0.3 is 0 Å². The van der Waals surface area contributed by atoms with E-state index in [0.29, 0.717) is 5.69 Å². The summed E-state index contributed by atoms with van der Waals surface area (Å²) in [6, 6.07) is 2.85. The topological polar surface area (TPSA) is 38.5 Å². The fourth-order valence-corrected chi connectivity index (χ4v) is 2.36. The van der Waals surface area contributed by atoms with E-state index < -0.39 is 5.82 Å². The number of nitrogens with zero attached hydrogens (tertiary/aromatic N) is 1. The van der Waals surface area contributed by atoms with Gasteiger partial charge in [0.05, 0.1) is 28.6 Å². The summed E-state index contributed by atoms with van der Waals surface area (Å²) in [5.41, 5.74) is 7.02. The molecule has 94 valence electrons. The van der Waals surface area contributed by atoms with E-state index in [1.54, 1.807) is 6.07 Å². The van der Waals surface area contributed by atoms with Gasteiger partial charge in [-0.1, -0.05) is 11.6 Å². The fourth-order valence-electron chi connectivity index (χ4n) is 2.20. The lowest BCUT2D eigenvalue weighted by atomic mass is 10.1. The third-order valence-electron chi connectivity index (χ3n) is 2.83. The Bertz CT molecular complexity index is 417. The Morgan fingerprint density at radius 1 is 1.35 bits per heavy atom. The van der Waals surface area contributed by atoms with E-state index in [9.17, 15) is 4.39 Å². The molecular weight excluding hydrogens is 243 g/mol.